The van der Waals surface area contributed by atoms with Crippen molar-refractivity contribution in [3.63, 3.8) is 0 Å². The van der Waals surface area contributed by atoms with E-state index in [9.17, 15) is 4.79 Å². The summed E-state index contributed by atoms with van der Waals surface area (Å²) in [7, 11) is 0. The van der Waals surface area contributed by atoms with Crippen LogP contribution < -0.4 is 10.6 Å². The van der Waals surface area contributed by atoms with E-state index in [1.165, 1.54) is 0 Å². The Morgan fingerprint density at radius 3 is 2.53 bits per heavy atom. The van der Waals surface area contributed by atoms with Crippen LogP contribution in [0.5, 0.6) is 0 Å². The van der Waals surface area contributed by atoms with Crippen molar-refractivity contribution < 1.29 is 9.90 Å². The summed E-state index contributed by atoms with van der Waals surface area (Å²) in [5, 5.41) is 15.5. The molecule has 1 fully saturated rings. The first-order valence-electron chi connectivity index (χ1n) is 7.78. The Bertz CT molecular complexity index is 257. The molecule has 1 atom stereocenters. The van der Waals surface area contributed by atoms with Gasteiger partial charge in [0.25, 0.3) is 0 Å². The topological polar surface area (TPSA) is 61.4 Å². The number of rotatable bonds is 8. The molecule has 112 valence electrons. The lowest BCUT2D eigenvalue weighted by molar-refractivity contribution is -0.133. The molecule has 0 bridgehead atoms. The molecule has 0 aromatic rings. The highest BCUT2D eigenvalue weighted by molar-refractivity contribution is 5.82. The average molecular weight is 270 g/mol. The summed E-state index contributed by atoms with van der Waals surface area (Å²) in [5.41, 5.74) is -0.165. The quantitative estimate of drug-likeness (QED) is 0.629. The van der Waals surface area contributed by atoms with Gasteiger partial charge in [-0.1, -0.05) is 20.3 Å². The Morgan fingerprint density at radius 2 is 2.00 bits per heavy atom. The molecule has 1 aliphatic heterocycles. The third-order valence-electron chi connectivity index (χ3n) is 4.50. The molecule has 0 radical (unpaired) electrons. The van der Waals surface area contributed by atoms with Gasteiger partial charge in [-0.25, -0.2) is 0 Å². The zero-order valence-corrected chi connectivity index (χ0v) is 12.5. The maximum atomic E-state index is 12.5. The van der Waals surface area contributed by atoms with Crippen LogP contribution in [0.3, 0.4) is 0 Å². The second-order valence-corrected chi connectivity index (χ2v) is 5.76. The second kappa shape index (κ2) is 8.54. The summed E-state index contributed by atoms with van der Waals surface area (Å²) in [6, 6.07) is 0. The summed E-state index contributed by atoms with van der Waals surface area (Å²) in [5.74, 6) is 0.630. The average Bonchev–Trinajstić information content (AvgIpc) is 2.45. The van der Waals surface area contributed by atoms with Crippen molar-refractivity contribution >= 4 is 5.91 Å². The largest absolute Gasteiger partial charge is 0.396 e. The van der Waals surface area contributed by atoms with Crippen molar-refractivity contribution in [2.75, 3.05) is 26.2 Å². The second-order valence-electron chi connectivity index (χ2n) is 5.76. The van der Waals surface area contributed by atoms with E-state index >= 15 is 0 Å². The predicted molar refractivity (Wildman–Crippen MR) is 77.9 cm³/mol. The fourth-order valence-corrected chi connectivity index (χ4v) is 3.01. The zero-order valence-electron chi connectivity index (χ0n) is 12.5. The molecular formula is C15H30N2O2. The van der Waals surface area contributed by atoms with Gasteiger partial charge in [0.1, 0.15) is 0 Å². The molecule has 0 aliphatic carbocycles. The summed E-state index contributed by atoms with van der Waals surface area (Å²) >= 11 is 0. The molecule has 0 spiro atoms. The maximum absolute atomic E-state index is 12.5. The molecule has 3 N–H and O–H groups in total. The first kappa shape index (κ1) is 16.4. The van der Waals surface area contributed by atoms with E-state index in [0.717, 1.165) is 51.6 Å². The van der Waals surface area contributed by atoms with Crippen molar-refractivity contribution in [1.82, 2.24) is 10.6 Å². The molecule has 4 nitrogen and oxygen atoms in total. The summed E-state index contributed by atoms with van der Waals surface area (Å²) in [6.45, 7) is 7.06. The van der Waals surface area contributed by atoms with Crippen LogP contribution in [0.1, 0.15) is 52.4 Å². The summed E-state index contributed by atoms with van der Waals surface area (Å²) in [6.07, 6.45) is 5.75. The molecule has 0 aromatic heterocycles. The fraction of sp³-hybridized carbons (Fsp3) is 0.933. The lowest BCUT2D eigenvalue weighted by atomic mass is 9.75. The number of piperidine rings is 1. The molecule has 0 aromatic carbocycles. The number of amides is 1. The van der Waals surface area contributed by atoms with Gasteiger partial charge in [0.2, 0.25) is 5.91 Å². The van der Waals surface area contributed by atoms with Gasteiger partial charge in [-0.2, -0.15) is 0 Å². The van der Waals surface area contributed by atoms with Crippen LogP contribution in [0.2, 0.25) is 0 Å². The number of aliphatic hydroxyl groups is 1. The first-order valence-corrected chi connectivity index (χ1v) is 7.78. The maximum Gasteiger partial charge on any atom is 0.226 e. The normalized spacial score (nSPS) is 19.9. The van der Waals surface area contributed by atoms with Gasteiger partial charge in [0, 0.05) is 13.2 Å². The number of aliphatic hydroxyl groups excluding tert-OH is 1. The van der Waals surface area contributed by atoms with Crippen molar-refractivity contribution in [1.29, 1.82) is 0 Å². The zero-order chi connectivity index (χ0) is 14.1. The van der Waals surface area contributed by atoms with E-state index in [4.69, 9.17) is 5.11 Å². The van der Waals surface area contributed by atoms with Crippen molar-refractivity contribution in [3.8, 4) is 0 Å². The fourth-order valence-electron chi connectivity index (χ4n) is 3.01. The molecule has 19 heavy (non-hydrogen) atoms. The number of nitrogens with one attached hydrogen (secondary N) is 2. The third kappa shape index (κ3) is 4.77. The van der Waals surface area contributed by atoms with Gasteiger partial charge in [-0.05, 0) is 51.1 Å². The van der Waals surface area contributed by atoms with Crippen molar-refractivity contribution in [2.24, 2.45) is 11.3 Å². The molecule has 0 saturated carbocycles. The number of hydrogen-bond donors (Lipinski definition) is 3. The molecule has 1 aliphatic rings. The van der Waals surface area contributed by atoms with Crippen LogP contribution in [0.4, 0.5) is 0 Å². The predicted octanol–water partition coefficient (Wildman–Crippen LogP) is 1.68. The minimum Gasteiger partial charge on any atom is -0.396 e. The van der Waals surface area contributed by atoms with Gasteiger partial charge in [0.05, 0.1) is 5.41 Å². The van der Waals surface area contributed by atoms with Gasteiger partial charge >= 0.3 is 0 Å². The Morgan fingerprint density at radius 1 is 1.32 bits per heavy atom. The lowest BCUT2D eigenvalue weighted by Gasteiger charge is -2.35. The minimum absolute atomic E-state index is 0.165. The van der Waals surface area contributed by atoms with E-state index in [1.807, 2.05) is 0 Å². The van der Waals surface area contributed by atoms with Crippen LogP contribution in [-0.4, -0.2) is 37.3 Å². The monoisotopic (exact) mass is 270 g/mol. The number of hydrogen-bond acceptors (Lipinski definition) is 3. The molecule has 1 saturated heterocycles. The van der Waals surface area contributed by atoms with E-state index in [2.05, 4.69) is 24.5 Å². The van der Waals surface area contributed by atoms with Crippen LogP contribution in [-0.2, 0) is 4.79 Å². The molecule has 1 unspecified atom stereocenters. The number of carbonyl (C=O) groups excluding carboxylic acids is 1. The van der Waals surface area contributed by atoms with Gasteiger partial charge in [-0.3, -0.25) is 4.79 Å². The Kier molecular flexibility index (Phi) is 7.39. The van der Waals surface area contributed by atoms with E-state index < -0.39 is 0 Å². The number of carbonyl (C=O) groups is 1. The summed E-state index contributed by atoms with van der Waals surface area (Å²) < 4.78 is 0. The van der Waals surface area contributed by atoms with Crippen LogP contribution >= 0.6 is 0 Å². The van der Waals surface area contributed by atoms with Crippen LogP contribution in [0.25, 0.3) is 0 Å². The third-order valence-corrected chi connectivity index (χ3v) is 4.50. The van der Waals surface area contributed by atoms with E-state index in [1.54, 1.807) is 0 Å². The van der Waals surface area contributed by atoms with Gasteiger partial charge < -0.3 is 15.7 Å². The molecule has 1 rings (SSSR count). The van der Waals surface area contributed by atoms with Crippen molar-refractivity contribution in [3.05, 3.63) is 0 Å². The standard InChI is InChI=1S/C15H30N2O2/c1-3-5-13(6-11-18)12-17-14(19)15(4-2)7-9-16-10-8-15/h13,16,18H,3-12H2,1-2H3,(H,17,19). The highest BCUT2D eigenvalue weighted by Crippen LogP contribution is 2.32. The minimum atomic E-state index is -0.165. The van der Waals surface area contributed by atoms with Crippen molar-refractivity contribution in [2.45, 2.75) is 52.4 Å². The Balaban J connectivity index is 2.47. The summed E-state index contributed by atoms with van der Waals surface area (Å²) in [4.78, 5) is 12.5. The molecule has 1 amide bonds. The molecule has 4 heteroatoms. The van der Waals surface area contributed by atoms with Crippen LogP contribution in [0.15, 0.2) is 0 Å². The van der Waals surface area contributed by atoms with E-state index in [-0.39, 0.29) is 17.9 Å². The Labute approximate surface area is 117 Å². The van der Waals surface area contributed by atoms with Gasteiger partial charge in [-0.15, -0.1) is 0 Å². The smallest absolute Gasteiger partial charge is 0.226 e. The molecular weight excluding hydrogens is 240 g/mol. The first-order chi connectivity index (χ1) is 9.18. The highest BCUT2D eigenvalue weighted by Gasteiger charge is 2.37. The molecule has 1 heterocycles. The lowest BCUT2D eigenvalue weighted by Crippen LogP contribution is -2.48. The SMILES string of the molecule is CCCC(CCO)CNC(=O)C1(CC)CCNCC1. The van der Waals surface area contributed by atoms with E-state index in [0.29, 0.717) is 12.5 Å². The van der Waals surface area contributed by atoms with Gasteiger partial charge in [0.15, 0.2) is 0 Å². The van der Waals surface area contributed by atoms with Crippen LogP contribution in [0, 0.1) is 11.3 Å². The highest BCUT2D eigenvalue weighted by atomic mass is 16.3. The Hall–Kier alpha value is -0.610.